The predicted octanol–water partition coefficient (Wildman–Crippen LogP) is 4.35. The van der Waals surface area contributed by atoms with Crippen molar-refractivity contribution < 1.29 is 26.2 Å². The third-order valence-electron chi connectivity index (χ3n) is 4.14. The Bertz CT molecular complexity index is 893. The number of fused-ring (bicyclic) bond motifs is 1. The Labute approximate surface area is 168 Å². The van der Waals surface area contributed by atoms with Gasteiger partial charge in [0.15, 0.2) is 4.93 Å². The molecule has 0 radical (unpaired) electrons. The Morgan fingerprint density at radius 2 is 1.50 bits per heavy atom. The lowest BCUT2D eigenvalue weighted by Crippen LogP contribution is -2.57. The molecule has 2 aromatic carbocycles. The second-order valence-corrected chi connectivity index (χ2v) is 12.1. The van der Waals surface area contributed by atoms with E-state index in [1.165, 1.54) is 13.8 Å². The predicted molar refractivity (Wildman–Crippen MR) is 113 cm³/mol. The molecule has 0 bridgehead atoms. The molecule has 0 aliphatic rings. The van der Waals surface area contributed by atoms with Crippen LogP contribution in [0.25, 0.3) is 10.8 Å². The second-order valence-electron chi connectivity index (χ2n) is 7.81. The summed E-state index contributed by atoms with van der Waals surface area (Å²) in [6.07, 6.45) is -0.504. The van der Waals surface area contributed by atoms with Crippen molar-refractivity contribution in [2.24, 2.45) is 0 Å². The summed E-state index contributed by atoms with van der Waals surface area (Å²) in [4.78, 5) is -1.87. The maximum Gasteiger partial charge on any atom is 0.507 e. The van der Waals surface area contributed by atoms with Crippen LogP contribution in [-0.2, 0) is 29.4 Å². The van der Waals surface area contributed by atoms with Crippen molar-refractivity contribution in [3.8, 4) is 0 Å². The molecule has 0 unspecified atom stereocenters. The van der Waals surface area contributed by atoms with Crippen molar-refractivity contribution in [1.82, 2.24) is 0 Å². The zero-order valence-electron chi connectivity index (χ0n) is 17.3. The molecule has 2 aromatic rings. The zero-order valence-corrected chi connectivity index (χ0v) is 19.1. The number of benzene rings is 2. The molecule has 28 heavy (non-hydrogen) atoms. The number of rotatable bonds is 9. The molecule has 0 atom stereocenters. The number of hydrogen-bond donors (Lipinski definition) is 1. The van der Waals surface area contributed by atoms with Gasteiger partial charge >= 0.3 is 8.80 Å². The lowest BCUT2D eigenvalue weighted by atomic mass is 10.1. The molecule has 156 valence electrons. The smallest absolute Gasteiger partial charge is 0.371 e. The van der Waals surface area contributed by atoms with Gasteiger partial charge in [0, 0.05) is 18.3 Å². The first kappa shape index (κ1) is 23.0. The molecule has 0 spiro atoms. The van der Waals surface area contributed by atoms with Crippen molar-refractivity contribution >= 4 is 29.7 Å². The van der Waals surface area contributed by atoms with Gasteiger partial charge in [-0.1, -0.05) is 42.5 Å². The van der Waals surface area contributed by atoms with Gasteiger partial charge in [0.1, 0.15) is 0 Å². The highest BCUT2D eigenvalue weighted by atomic mass is 32.2. The normalized spacial score (nSPS) is 13.6. The average Bonchev–Trinajstić information content (AvgIpc) is 2.52. The van der Waals surface area contributed by atoms with Crippen molar-refractivity contribution in [3.05, 3.63) is 48.0 Å². The van der Waals surface area contributed by atoms with Crippen LogP contribution >= 0.6 is 0 Å². The summed E-state index contributed by atoms with van der Waals surface area (Å²) in [5, 5.41) is 2.08. The molecule has 0 aromatic heterocycles. The van der Waals surface area contributed by atoms with Gasteiger partial charge in [0.05, 0.1) is 0 Å². The van der Waals surface area contributed by atoms with Gasteiger partial charge in [-0.15, -0.1) is 0 Å². The third-order valence-corrected chi connectivity index (χ3v) is 8.91. The van der Waals surface area contributed by atoms with Crippen LogP contribution in [0.3, 0.4) is 0 Å². The zero-order chi connectivity index (χ0) is 21.2. The average molecular weight is 427 g/mol. The molecule has 0 heterocycles. The SMILES string of the molecule is CC(C)O[Si](Cc1cccc2ccccc12)(OC(C)C)OC(C)(C)S(=O)(=O)O. The molecule has 0 aliphatic carbocycles. The van der Waals surface area contributed by atoms with Gasteiger partial charge in [0.2, 0.25) is 0 Å². The van der Waals surface area contributed by atoms with Crippen molar-refractivity contribution in [2.75, 3.05) is 0 Å². The van der Waals surface area contributed by atoms with E-state index in [9.17, 15) is 13.0 Å². The van der Waals surface area contributed by atoms with E-state index in [1.54, 1.807) is 0 Å². The van der Waals surface area contributed by atoms with Gasteiger partial charge < -0.3 is 13.3 Å². The maximum absolute atomic E-state index is 11.9. The Hall–Kier alpha value is -1.29. The summed E-state index contributed by atoms with van der Waals surface area (Å²) in [5.41, 5.74) is 0.942. The molecule has 0 saturated carbocycles. The van der Waals surface area contributed by atoms with Gasteiger partial charge in [0.25, 0.3) is 10.1 Å². The van der Waals surface area contributed by atoms with E-state index in [2.05, 4.69) is 0 Å². The molecular weight excluding hydrogens is 396 g/mol. The van der Waals surface area contributed by atoms with Crippen LogP contribution in [0.2, 0.25) is 0 Å². The summed E-state index contributed by atoms with van der Waals surface area (Å²) < 4.78 is 51.8. The molecule has 1 N–H and O–H groups in total. The van der Waals surface area contributed by atoms with Crippen LogP contribution in [0, 0.1) is 0 Å². The summed E-state index contributed by atoms with van der Waals surface area (Å²) in [5.74, 6) is 0. The quantitative estimate of drug-likeness (QED) is 0.474. The molecule has 0 saturated heterocycles. The Morgan fingerprint density at radius 1 is 0.964 bits per heavy atom. The highest BCUT2D eigenvalue weighted by Gasteiger charge is 2.51. The fourth-order valence-electron chi connectivity index (χ4n) is 3.02. The van der Waals surface area contributed by atoms with Crippen LogP contribution < -0.4 is 0 Å². The first-order valence-corrected chi connectivity index (χ1v) is 12.7. The standard InChI is InChI=1S/C20H30O6SSi/c1-15(2)24-28(25-16(3)4,26-20(5,6)27(21,22)23)14-18-12-9-11-17-10-7-8-13-19(17)18/h7-13,15-16H,14H2,1-6H3,(H,21,22,23). The lowest BCUT2D eigenvalue weighted by Gasteiger charge is -2.38. The Morgan fingerprint density at radius 3 is 2.04 bits per heavy atom. The minimum Gasteiger partial charge on any atom is -0.371 e. The molecule has 2 rings (SSSR count). The first-order valence-electron chi connectivity index (χ1n) is 9.35. The molecular formula is C20H30O6SSi. The molecule has 8 heteroatoms. The summed E-state index contributed by atoms with van der Waals surface area (Å²) >= 11 is 0. The van der Waals surface area contributed by atoms with Crippen molar-refractivity contribution in [1.29, 1.82) is 0 Å². The van der Waals surface area contributed by atoms with Gasteiger partial charge in [-0.2, -0.15) is 8.42 Å². The van der Waals surface area contributed by atoms with E-state index in [0.29, 0.717) is 0 Å². The second kappa shape index (κ2) is 8.60. The molecule has 0 fully saturated rings. The van der Waals surface area contributed by atoms with E-state index in [1.807, 2.05) is 70.2 Å². The highest BCUT2D eigenvalue weighted by Crippen LogP contribution is 2.31. The topological polar surface area (TPSA) is 82.1 Å². The summed E-state index contributed by atoms with van der Waals surface area (Å²) in [6, 6.07) is 14.1. The van der Waals surface area contributed by atoms with Crippen molar-refractivity contribution in [3.63, 3.8) is 0 Å². The largest absolute Gasteiger partial charge is 0.507 e. The van der Waals surface area contributed by atoms with E-state index < -0.39 is 23.9 Å². The molecule has 0 aliphatic heterocycles. The lowest BCUT2D eigenvalue weighted by molar-refractivity contribution is -0.0122. The Balaban J connectivity index is 2.58. The van der Waals surface area contributed by atoms with E-state index >= 15 is 0 Å². The monoisotopic (exact) mass is 426 g/mol. The first-order chi connectivity index (χ1) is 12.9. The van der Waals surface area contributed by atoms with E-state index in [4.69, 9.17) is 13.3 Å². The van der Waals surface area contributed by atoms with Crippen LogP contribution in [-0.4, -0.2) is 38.9 Å². The third kappa shape index (κ3) is 5.62. The maximum atomic E-state index is 11.9. The minimum atomic E-state index is -4.49. The minimum absolute atomic E-state index is 0.252. The fraction of sp³-hybridized carbons (Fsp3) is 0.500. The van der Waals surface area contributed by atoms with Crippen molar-refractivity contribution in [2.45, 2.75) is 64.7 Å². The van der Waals surface area contributed by atoms with Gasteiger partial charge in [-0.05, 0) is 57.9 Å². The van der Waals surface area contributed by atoms with Gasteiger partial charge in [-0.25, -0.2) is 0 Å². The van der Waals surface area contributed by atoms with Gasteiger partial charge in [-0.3, -0.25) is 4.55 Å². The van der Waals surface area contributed by atoms with Crippen LogP contribution in [0.15, 0.2) is 42.5 Å². The highest BCUT2D eigenvalue weighted by molar-refractivity contribution is 7.87. The summed E-state index contributed by atoms with van der Waals surface area (Å²) in [6.45, 7) is 9.99. The summed E-state index contributed by atoms with van der Waals surface area (Å²) in [7, 11) is -8.05. The molecule has 0 amide bonds. The van der Waals surface area contributed by atoms with E-state index in [-0.39, 0.29) is 18.3 Å². The Kier molecular flexibility index (Phi) is 7.06. The van der Waals surface area contributed by atoms with Crippen LogP contribution in [0.5, 0.6) is 0 Å². The molecule has 6 nitrogen and oxygen atoms in total. The van der Waals surface area contributed by atoms with E-state index in [0.717, 1.165) is 16.3 Å². The van der Waals surface area contributed by atoms with Crippen LogP contribution in [0.1, 0.15) is 47.1 Å². The number of hydrogen-bond acceptors (Lipinski definition) is 5. The van der Waals surface area contributed by atoms with Crippen LogP contribution in [0.4, 0.5) is 0 Å². The fourth-order valence-corrected chi connectivity index (χ4v) is 7.17.